The van der Waals surface area contributed by atoms with Gasteiger partial charge in [0.2, 0.25) is 5.91 Å². The minimum atomic E-state index is -0.187. The number of nitrogens with zero attached hydrogens (tertiary/aromatic N) is 1. The first-order valence-electron chi connectivity index (χ1n) is 10.2. The van der Waals surface area contributed by atoms with Gasteiger partial charge >= 0.3 is 0 Å². The van der Waals surface area contributed by atoms with E-state index in [4.69, 9.17) is 0 Å². The monoisotopic (exact) mass is 389 g/mol. The number of carbonyl (C=O) groups is 2. The highest BCUT2D eigenvalue weighted by Gasteiger charge is 2.34. The van der Waals surface area contributed by atoms with Crippen LogP contribution in [0.5, 0.6) is 0 Å². The summed E-state index contributed by atoms with van der Waals surface area (Å²) in [6, 6.07) is 16.8. The van der Waals surface area contributed by atoms with Crippen molar-refractivity contribution in [2.24, 2.45) is 5.41 Å². The van der Waals surface area contributed by atoms with Gasteiger partial charge < -0.3 is 10.6 Å². The molecule has 0 aliphatic heterocycles. The first kappa shape index (κ1) is 20.6. The lowest BCUT2D eigenvalue weighted by Crippen LogP contribution is -2.42. The summed E-state index contributed by atoms with van der Waals surface area (Å²) in [6.07, 6.45) is 5.66. The fraction of sp³-hybridized carbons (Fsp3) is 0.375. The van der Waals surface area contributed by atoms with E-state index in [2.05, 4.69) is 16.7 Å². The molecule has 1 fully saturated rings. The first-order valence-corrected chi connectivity index (χ1v) is 10.2. The van der Waals surface area contributed by atoms with Gasteiger partial charge in [-0.1, -0.05) is 55.7 Å². The number of nitrogens with one attached hydrogen (secondary N) is 2. The van der Waals surface area contributed by atoms with Crippen LogP contribution in [0.1, 0.15) is 54.4 Å². The molecule has 2 amide bonds. The third-order valence-electron chi connectivity index (χ3n) is 5.86. The second-order valence-corrected chi connectivity index (χ2v) is 7.80. The Morgan fingerprint density at radius 2 is 1.66 bits per heavy atom. The van der Waals surface area contributed by atoms with Gasteiger partial charge in [0.25, 0.3) is 5.91 Å². The maximum absolute atomic E-state index is 13.1. The molecule has 2 N–H and O–H groups in total. The van der Waals surface area contributed by atoms with E-state index in [1.807, 2.05) is 36.4 Å². The number of hydrogen-bond acceptors (Lipinski definition) is 3. The Labute approximate surface area is 172 Å². The summed E-state index contributed by atoms with van der Waals surface area (Å²) < 4.78 is 0. The van der Waals surface area contributed by atoms with E-state index in [1.54, 1.807) is 19.2 Å². The second-order valence-electron chi connectivity index (χ2n) is 7.80. The maximum Gasteiger partial charge on any atom is 0.251 e. The van der Waals surface area contributed by atoms with E-state index in [-0.39, 0.29) is 17.2 Å². The summed E-state index contributed by atoms with van der Waals surface area (Å²) in [5, 5.41) is 15.2. The van der Waals surface area contributed by atoms with Gasteiger partial charge in [-0.3, -0.25) is 9.59 Å². The normalized spacial score (nSPS) is 15.2. The molecule has 1 aliphatic rings. The van der Waals surface area contributed by atoms with Crippen molar-refractivity contribution in [3.8, 4) is 17.2 Å². The smallest absolute Gasteiger partial charge is 0.251 e. The predicted molar refractivity (Wildman–Crippen MR) is 113 cm³/mol. The molecule has 29 heavy (non-hydrogen) atoms. The number of rotatable bonds is 6. The molecule has 0 bridgehead atoms. The lowest BCUT2D eigenvalue weighted by atomic mass is 9.71. The van der Waals surface area contributed by atoms with E-state index < -0.39 is 0 Å². The van der Waals surface area contributed by atoms with Crippen molar-refractivity contribution >= 4 is 11.8 Å². The van der Waals surface area contributed by atoms with Gasteiger partial charge in [0, 0.05) is 31.1 Å². The Morgan fingerprint density at radius 1 is 1.00 bits per heavy atom. The summed E-state index contributed by atoms with van der Waals surface area (Å²) in [5.41, 5.74) is 2.38. The lowest BCUT2D eigenvalue weighted by molar-refractivity contribution is -0.123. The van der Waals surface area contributed by atoms with Crippen LogP contribution in [0.25, 0.3) is 11.1 Å². The average molecular weight is 389 g/mol. The lowest BCUT2D eigenvalue weighted by Gasteiger charge is -2.37. The molecule has 1 saturated carbocycles. The summed E-state index contributed by atoms with van der Waals surface area (Å²) in [4.78, 5) is 25.1. The van der Waals surface area contributed by atoms with E-state index in [1.165, 1.54) is 6.42 Å². The summed E-state index contributed by atoms with van der Waals surface area (Å²) in [7, 11) is 1.65. The number of benzene rings is 2. The molecule has 0 saturated heterocycles. The highest BCUT2D eigenvalue weighted by atomic mass is 16.2. The van der Waals surface area contributed by atoms with Crippen molar-refractivity contribution in [3.05, 3.63) is 59.7 Å². The molecular formula is C24H27N3O2. The maximum atomic E-state index is 13.1. The molecule has 5 nitrogen and oxygen atoms in total. The van der Waals surface area contributed by atoms with E-state index >= 15 is 0 Å². The van der Waals surface area contributed by atoms with Crippen molar-refractivity contribution in [3.63, 3.8) is 0 Å². The average Bonchev–Trinajstić information content (AvgIpc) is 2.78. The zero-order valence-corrected chi connectivity index (χ0v) is 16.8. The first-order chi connectivity index (χ1) is 14.1. The van der Waals surface area contributed by atoms with Crippen LogP contribution in [0.2, 0.25) is 0 Å². The van der Waals surface area contributed by atoms with Crippen molar-refractivity contribution in [2.45, 2.75) is 38.5 Å². The zero-order valence-electron chi connectivity index (χ0n) is 16.8. The molecule has 2 aromatic carbocycles. The van der Waals surface area contributed by atoms with Gasteiger partial charge in [0.15, 0.2) is 0 Å². The summed E-state index contributed by atoms with van der Waals surface area (Å²) >= 11 is 0. The molecule has 1 aliphatic carbocycles. The fourth-order valence-electron chi connectivity index (χ4n) is 4.24. The highest BCUT2D eigenvalue weighted by molar-refractivity contribution is 6.01. The topological polar surface area (TPSA) is 82.0 Å². The van der Waals surface area contributed by atoms with Gasteiger partial charge in [-0.2, -0.15) is 5.26 Å². The van der Waals surface area contributed by atoms with Crippen LogP contribution in [0, 0.1) is 16.7 Å². The standard InChI is InChI=1S/C24H27N3O2/c1-26-22(28)15-24(13-7-2-8-14-24)17-27-23(29)21-12-6-5-11-20(21)19-10-4-3-9-18(19)16-25/h3-6,9-12H,2,7-8,13-15,17H2,1H3,(H,26,28)(H,27,29). The molecule has 0 unspecified atom stereocenters. The number of amides is 2. The van der Waals surface area contributed by atoms with Gasteiger partial charge in [0.05, 0.1) is 11.6 Å². The SMILES string of the molecule is CNC(=O)CC1(CNC(=O)c2ccccc2-c2ccccc2C#N)CCCCC1. The molecule has 0 atom stereocenters. The van der Waals surface area contributed by atoms with Crippen LogP contribution in [0.3, 0.4) is 0 Å². The molecule has 0 aromatic heterocycles. The van der Waals surface area contributed by atoms with Crippen LogP contribution < -0.4 is 10.6 Å². The van der Waals surface area contributed by atoms with Crippen molar-refractivity contribution in [2.75, 3.05) is 13.6 Å². The van der Waals surface area contributed by atoms with Crippen LogP contribution in [0.15, 0.2) is 48.5 Å². The zero-order chi connectivity index (χ0) is 20.7. The Morgan fingerprint density at radius 3 is 2.34 bits per heavy atom. The number of hydrogen-bond donors (Lipinski definition) is 2. The minimum absolute atomic E-state index is 0.0181. The molecule has 150 valence electrons. The number of carbonyl (C=O) groups excluding carboxylic acids is 2. The summed E-state index contributed by atoms with van der Waals surface area (Å²) in [5.74, 6) is -0.153. The molecule has 0 heterocycles. The Bertz CT molecular complexity index is 924. The molecular weight excluding hydrogens is 362 g/mol. The molecule has 5 heteroatoms. The highest BCUT2D eigenvalue weighted by Crippen LogP contribution is 2.39. The fourth-order valence-corrected chi connectivity index (χ4v) is 4.24. The van der Waals surface area contributed by atoms with Crippen molar-refractivity contribution in [1.82, 2.24) is 10.6 Å². The predicted octanol–water partition coefficient (Wildman–Crippen LogP) is 4.04. The van der Waals surface area contributed by atoms with Gasteiger partial charge in [-0.25, -0.2) is 0 Å². The molecule has 0 spiro atoms. The Kier molecular flexibility index (Phi) is 6.66. The van der Waals surface area contributed by atoms with E-state index in [0.717, 1.165) is 36.8 Å². The molecule has 3 rings (SSSR count). The molecule has 0 radical (unpaired) electrons. The Hall–Kier alpha value is -3.13. The number of nitriles is 1. The third kappa shape index (κ3) is 4.83. The van der Waals surface area contributed by atoms with Gasteiger partial charge in [0.1, 0.15) is 0 Å². The summed E-state index contributed by atoms with van der Waals surface area (Å²) in [6.45, 7) is 0.480. The van der Waals surface area contributed by atoms with Crippen molar-refractivity contribution < 1.29 is 9.59 Å². The quantitative estimate of drug-likeness (QED) is 0.782. The van der Waals surface area contributed by atoms with E-state index in [0.29, 0.717) is 24.1 Å². The van der Waals surface area contributed by atoms with Gasteiger partial charge in [-0.15, -0.1) is 0 Å². The molecule has 2 aromatic rings. The minimum Gasteiger partial charge on any atom is -0.359 e. The van der Waals surface area contributed by atoms with E-state index in [9.17, 15) is 14.9 Å². The van der Waals surface area contributed by atoms with Crippen molar-refractivity contribution in [1.29, 1.82) is 5.26 Å². The Balaban J connectivity index is 1.82. The van der Waals surface area contributed by atoms with Crippen LogP contribution in [-0.2, 0) is 4.79 Å². The third-order valence-corrected chi connectivity index (χ3v) is 5.86. The largest absolute Gasteiger partial charge is 0.359 e. The van der Waals surface area contributed by atoms with Crippen LogP contribution in [-0.4, -0.2) is 25.4 Å². The van der Waals surface area contributed by atoms with Crippen LogP contribution >= 0.6 is 0 Å². The van der Waals surface area contributed by atoms with Gasteiger partial charge in [-0.05, 0) is 36.0 Å². The van der Waals surface area contributed by atoms with Crippen LogP contribution in [0.4, 0.5) is 0 Å². The second kappa shape index (κ2) is 9.38.